The fraction of sp³-hybridized carbons (Fsp3) is 0.667. The number of rotatable bonds is 7. The van der Waals surface area contributed by atoms with Crippen molar-refractivity contribution in [2.45, 2.75) is 26.8 Å². The van der Waals surface area contributed by atoms with Crippen LogP contribution in [0.3, 0.4) is 0 Å². The topological polar surface area (TPSA) is 133 Å². The summed E-state index contributed by atoms with van der Waals surface area (Å²) in [7, 11) is -3.51. The van der Waals surface area contributed by atoms with E-state index in [1.165, 1.54) is 4.68 Å². The number of hydrogen-bond donors (Lipinski definition) is 2. The molecule has 3 N–H and O–H groups in total. The summed E-state index contributed by atoms with van der Waals surface area (Å²) in [4.78, 5) is 10.5. The van der Waals surface area contributed by atoms with Crippen LogP contribution in [0.1, 0.15) is 19.0 Å². The van der Waals surface area contributed by atoms with E-state index in [1.54, 1.807) is 6.92 Å². The van der Waals surface area contributed by atoms with E-state index in [2.05, 4.69) is 10.4 Å². The summed E-state index contributed by atoms with van der Waals surface area (Å²) in [5.41, 5.74) is 0.234. The van der Waals surface area contributed by atoms with Gasteiger partial charge < -0.3 is 5.32 Å². The molecule has 0 fully saturated rings. The van der Waals surface area contributed by atoms with Crippen molar-refractivity contribution in [1.82, 2.24) is 9.78 Å². The molecule has 0 aliphatic carbocycles. The van der Waals surface area contributed by atoms with Crippen molar-refractivity contribution in [3.05, 3.63) is 15.8 Å². The van der Waals surface area contributed by atoms with Gasteiger partial charge in [0.2, 0.25) is 15.8 Å². The lowest BCUT2D eigenvalue weighted by Crippen LogP contribution is -2.19. The average Bonchev–Trinajstić information content (AvgIpc) is 2.59. The Labute approximate surface area is 111 Å². The zero-order chi connectivity index (χ0) is 14.6. The van der Waals surface area contributed by atoms with Crippen molar-refractivity contribution < 1.29 is 13.3 Å². The predicted molar refractivity (Wildman–Crippen MR) is 70.4 cm³/mol. The van der Waals surface area contributed by atoms with Crippen LogP contribution >= 0.6 is 0 Å². The van der Waals surface area contributed by atoms with E-state index in [4.69, 9.17) is 5.14 Å². The molecule has 1 aromatic rings. The lowest BCUT2D eigenvalue weighted by atomic mass is 10.3. The minimum Gasteiger partial charge on any atom is -0.364 e. The van der Waals surface area contributed by atoms with Crippen LogP contribution in [0.15, 0.2) is 0 Å². The minimum atomic E-state index is -3.51. The van der Waals surface area contributed by atoms with E-state index >= 15 is 0 Å². The van der Waals surface area contributed by atoms with Gasteiger partial charge in [0.05, 0.1) is 10.7 Å². The van der Waals surface area contributed by atoms with Crippen LogP contribution in [0, 0.1) is 17.0 Å². The van der Waals surface area contributed by atoms with E-state index in [9.17, 15) is 18.5 Å². The van der Waals surface area contributed by atoms with Crippen molar-refractivity contribution in [3.63, 3.8) is 0 Å². The van der Waals surface area contributed by atoms with Crippen LogP contribution in [0.2, 0.25) is 0 Å². The molecule has 1 rings (SSSR count). The monoisotopic (exact) mass is 291 g/mol. The maximum Gasteiger partial charge on any atom is 0.333 e. The number of anilines is 1. The molecule has 0 bridgehead atoms. The number of hydrogen-bond acceptors (Lipinski definition) is 6. The highest BCUT2D eigenvalue weighted by Crippen LogP contribution is 2.27. The molecule has 0 aliphatic rings. The summed E-state index contributed by atoms with van der Waals surface area (Å²) in [6.07, 6.45) is 0.268. The first-order valence-electron chi connectivity index (χ1n) is 5.72. The van der Waals surface area contributed by atoms with Gasteiger partial charge in [-0.25, -0.2) is 18.2 Å². The molecule has 0 spiro atoms. The minimum absolute atomic E-state index is 0.0857. The molecule has 19 heavy (non-hydrogen) atoms. The number of sulfonamides is 1. The van der Waals surface area contributed by atoms with E-state index in [0.717, 1.165) is 0 Å². The fourth-order valence-electron chi connectivity index (χ4n) is 1.67. The summed E-state index contributed by atoms with van der Waals surface area (Å²) in [5, 5.41) is 22.7. The highest BCUT2D eigenvalue weighted by atomic mass is 32.2. The van der Waals surface area contributed by atoms with E-state index in [0.29, 0.717) is 18.1 Å². The molecule has 0 unspecified atom stereocenters. The van der Waals surface area contributed by atoms with Crippen molar-refractivity contribution in [2.24, 2.45) is 5.14 Å². The van der Waals surface area contributed by atoms with Crippen LogP contribution in [-0.4, -0.2) is 35.4 Å². The number of primary sulfonamides is 1. The SMILES string of the molecule is CCn1nc(C)c([N+](=O)[O-])c1NCCCS(N)(=O)=O. The number of aryl methyl sites for hydroxylation is 2. The second-order valence-electron chi connectivity index (χ2n) is 4.00. The van der Waals surface area contributed by atoms with E-state index < -0.39 is 14.9 Å². The molecule has 9 nitrogen and oxygen atoms in total. The molecule has 0 atom stereocenters. The summed E-state index contributed by atoms with van der Waals surface area (Å²) >= 11 is 0. The summed E-state index contributed by atoms with van der Waals surface area (Å²) < 4.78 is 23.0. The summed E-state index contributed by atoms with van der Waals surface area (Å²) in [5.74, 6) is 0.118. The van der Waals surface area contributed by atoms with E-state index in [1.807, 2.05) is 6.92 Å². The van der Waals surface area contributed by atoms with Gasteiger partial charge in [-0.2, -0.15) is 5.10 Å². The molecule has 108 valence electrons. The number of nitrogens with zero attached hydrogens (tertiary/aromatic N) is 3. The molecule has 0 aliphatic heterocycles. The normalized spacial score (nSPS) is 11.5. The standard InChI is InChI=1S/C9H17N5O4S/c1-3-13-9(8(14(15)16)7(2)12-13)11-5-4-6-19(10,17)18/h11H,3-6H2,1-2H3,(H2,10,17,18). The Morgan fingerprint density at radius 3 is 2.63 bits per heavy atom. The molecular weight excluding hydrogens is 274 g/mol. The Hall–Kier alpha value is -1.68. The Bertz CT molecular complexity index is 565. The summed E-state index contributed by atoms with van der Waals surface area (Å²) in [6.45, 7) is 4.11. The Morgan fingerprint density at radius 2 is 2.16 bits per heavy atom. The lowest BCUT2D eigenvalue weighted by molar-refractivity contribution is -0.384. The van der Waals surface area contributed by atoms with Gasteiger partial charge in [0.1, 0.15) is 5.69 Å². The first kappa shape index (κ1) is 15.4. The molecule has 0 radical (unpaired) electrons. The van der Waals surface area contributed by atoms with Crippen molar-refractivity contribution in [1.29, 1.82) is 0 Å². The third-order valence-electron chi connectivity index (χ3n) is 2.48. The fourth-order valence-corrected chi connectivity index (χ4v) is 2.22. The second kappa shape index (κ2) is 5.97. The van der Waals surface area contributed by atoms with Crippen molar-refractivity contribution in [3.8, 4) is 0 Å². The largest absolute Gasteiger partial charge is 0.364 e. The Balaban J connectivity index is 2.79. The van der Waals surface area contributed by atoms with Gasteiger partial charge in [0.15, 0.2) is 0 Å². The third-order valence-corrected chi connectivity index (χ3v) is 3.33. The zero-order valence-corrected chi connectivity index (χ0v) is 11.6. The zero-order valence-electron chi connectivity index (χ0n) is 10.8. The van der Waals surface area contributed by atoms with Gasteiger partial charge in [0.25, 0.3) is 0 Å². The quantitative estimate of drug-likeness (QED) is 0.419. The van der Waals surface area contributed by atoms with Gasteiger partial charge >= 0.3 is 5.69 Å². The van der Waals surface area contributed by atoms with Crippen LogP contribution in [0.4, 0.5) is 11.5 Å². The highest BCUT2D eigenvalue weighted by Gasteiger charge is 2.24. The number of nitro groups is 1. The molecule has 10 heteroatoms. The van der Waals surface area contributed by atoms with Crippen LogP contribution < -0.4 is 10.5 Å². The van der Waals surface area contributed by atoms with Gasteiger partial charge in [0, 0.05) is 13.1 Å². The van der Waals surface area contributed by atoms with Crippen molar-refractivity contribution >= 4 is 21.5 Å². The number of nitrogens with one attached hydrogen (secondary N) is 1. The maximum atomic E-state index is 11.0. The average molecular weight is 291 g/mol. The molecule has 0 saturated carbocycles. The number of nitrogens with two attached hydrogens (primary N) is 1. The molecule has 1 aromatic heterocycles. The number of aromatic nitrogens is 2. The predicted octanol–water partition coefficient (Wildman–Crippen LogP) is 0.210. The van der Waals surface area contributed by atoms with Crippen LogP contribution in [-0.2, 0) is 16.6 Å². The molecular formula is C9H17N5O4S. The molecule has 0 amide bonds. The third kappa shape index (κ3) is 4.17. The van der Waals surface area contributed by atoms with Crippen LogP contribution in [0.25, 0.3) is 0 Å². The lowest BCUT2D eigenvalue weighted by Gasteiger charge is -2.07. The maximum absolute atomic E-state index is 11.0. The van der Waals surface area contributed by atoms with Gasteiger partial charge in [-0.15, -0.1) is 0 Å². The smallest absolute Gasteiger partial charge is 0.333 e. The van der Waals surface area contributed by atoms with Gasteiger partial charge in [-0.3, -0.25) is 10.1 Å². The Morgan fingerprint density at radius 1 is 1.53 bits per heavy atom. The van der Waals surface area contributed by atoms with Crippen molar-refractivity contribution in [2.75, 3.05) is 17.6 Å². The van der Waals surface area contributed by atoms with Gasteiger partial charge in [-0.1, -0.05) is 0 Å². The molecule has 1 heterocycles. The molecule has 0 saturated heterocycles. The first-order valence-corrected chi connectivity index (χ1v) is 7.44. The highest BCUT2D eigenvalue weighted by molar-refractivity contribution is 7.89. The Kier molecular flexibility index (Phi) is 4.84. The van der Waals surface area contributed by atoms with E-state index in [-0.39, 0.29) is 24.4 Å². The second-order valence-corrected chi connectivity index (χ2v) is 5.74. The summed E-state index contributed by atoms with van der Waals surface area (Å²) in [6, 6.07) is 0. The van der Waals surface area contributed by atoms with Crippen LogP contribution in [0.5, 0.6) is 0 Å². The van der Waals surface area contributed by atoms with Gasteiger partial charge in [-0.05, 0) is 20.3 Å². The first-order chi connectivity index (χ1) is 8.76. The molecule has 0 aromatic carbocycles.